The molecule has 13 heavy (non-hydrogen) atoms. The van der Waals surface area contributed by atoms with E-state index in [0.29, 0.717) is 5.02 Å². The highest BCUT2D eigenvalue weighted by atomic mass is 79.9. The molecule has 1 rings (SSSR count). The van der Waals surface area contributed by atoms with E-state index in [9.17, 15) is 0 Å². The number of hydrogen-bond acceptors (Lipinski definition) is 0. The van der Waals surface area contributed by atoms with Gasteiger partial charge in [-0.1, -0.05) is 33.5 Å². The van der Waals surface area contributed by atoms with Gasteiger partial charge in [-0.25, -0.2) is 0 Å². The van der Waals surface area contributed by atoms with Crippen molar-refractivity contribution in [2.45, 2.75) is 19.3 Å². The number of terminal acetylenes is 1. The molecule has 0 aliphatic heterocycles. The lowest BCUT2D eigenvalue weighted by Gasteiger charge is -2.18. The average Bonchev–Trinajstić information content (AvgIpc) is 2.02. The van der Waals surface area contributed by atoms with Gasteiger partial charge in [0.2, 0.25) is 0 Å². The highest BCUT2D eigenvalue weighted by molar-refractivity contribution is 9.10. The third-order valence-corrected chi connectivity index (χ3v) is 2.62. The molecule has 1 aromatic rings. The molecule has 0 spiro atoms. The van der Waals surface area contributed by atoms with Crippen molar-refractivity contribution < 1.29 is 0 Å². The third kappa shape index (κ3) is 2.49. The predicted molar refractivity (Wildman–Crippen MR) is 61.0 cm³/mol. The summed E-state index contributed by atoms with van der Waals surface area (Å²) in [5.41, 5.74) is 0.780. The average molecular weight is 258 g/mol. The van der Waals surface area contributed by atoms with Crippen LogP contribution in [0.5, 0.6) is 0 Å². The molecule has 0 amide bonds. The van der Waals surface area contributed by atoms with Gasteiger partial charge in [-0.2, -0.15) is 0 Å². The fraction of sp³-hybridized carbons (Fsp3) is 0.273. The lowest BCUT2D eigenvalue weighted by atomic mass is 9.86. The van der Waals surface area contributed by atoms with E-state index in [4.69, 9.17) is 18.0 Å². The van der Waals surface area contributed by atoms with Crippen LogP contribution in [-0.4, -0.2) is 0 Å². The first-order valence-electron chi connectivity index (χ1n) is 3.90. The van der Waals surface area contributed by atoms with E-state index in [-0.39, 0.29) is 5.41 Å². The molecule has 68 valence electrons. The van der Waals surface area contributed by atoms with Crippen LogP contribution in [-0.2, 0) is 5.41 Å². The van der Waals surface area contributed by atoms with Crippen LogP contribution in [0.3, 0.4) is 0 Å². The minimum absolute atomic E-state index is 0.270. The van der Waals surface area contributed by atoms with Gasteiger partial charge in [0, 0.05) is 9.50 Å². The van der Waals surface area contributed by atoms with Crippen molar-refractivity contribution in [3.63, 3.8) is 0 Å². The van der Waals surface area contributed by atoms with Crippen LogP contribution in [0.1, 0.15) is 19.4 Å². The van der Waals surface area contributed by atoms with Gasteiger partial charge in [0.15, 0.2) is 0 Å². The second-order valence-electron chi connectivity index (χ2n) is 3.43. The van der Waals surface area contributed by atoms with Crippen LogP contribution in [0, 0.1) is 12.3 Å². The normalized spacial score (nSPS) is 11.0. The van der Waals surface area contributed by atoms with Crippen LogP contribution in [0.15, 0.2) is 22.7 Å². The number of rotatable bonds is 1. The van der Waals surface area contributed by atoms with Gasteiger partial charge in [-0.05, 0) is 37.6 Å². The molecule has 0 fully saturated rings. The van der Waals surface area contributed by atoms with Gasteiger partial charge in [-0.15, -0.1) is 6.42 Å². The lowest BCUT2D eigenvalue weighted by Crippen LogP contribution is -2.13. The Morgan fingerprint density at radius 3 is 2.46 bits per heavy atom. The minimum Gasteiger partial charge on any atom is -0.119 e. The molecule has 0 aliphatic rings. The van der Waals surface area contributed by atoms with Gasteiger partial charge >= 0.3 is 0 Å². The van der Waals surface area contributed by atoms with Gasteiger partial charge in [0.25, 0.3) is 0 Å². The molecule has 2 heteroatoms. The molecule has 1 aromatic carbocycles. The smallest absolute Gasteiger partial charge is 0.0504 e. The van der Waals surface area contributed by atoms with Gasteiger partial charge < -0.3 is 0 Å². The van der Waals surface area contributed by atoms with E-state index >= 15 is 0 Å². The summed E-state index contributed by atoms with van der Waals surface area (Å²) in [4.78, 5) is 0. The van der Waals surface area contributed by atoms with Crippen LogP contribution >= 0.6 is 27.5 Å². The van der Waals surface area contributed by atoms with Crippen molar-refractivity contribution in [1.82, 2.24) is 0 Å². The number of halogens is 2. The minimum atomic E-state index is -0.270. The first-order valence-corrected chi connectivity index (χ1v) is 5.07. The Morgan fingerprint density at radius 1 is 1.38 bits per heavy atom. The Kier molecular flexibility index (Phi) is 3.05. The van der Waals surface area contributed by atoms with E-state index in [0.717, 1.165) is 10.0 Å². The maximum atomic E-state index is 5.91. The second-order valence-corrected chi connectivity index (χ2v) is 4.78. The summed E-state index contributed by atoms with van der Waals surface area (Å²) in [6.07, 6.45) is 5.43. The van der Waals surface area contributed by atoms with Crippen molar-refractivity contribution >= 4 is 27.5 Å². The van der Waals surface area contributed by atoms with Gasteiger partial charge in [0.05, 0.1) is 5.41 Å². The molecule has 0 bridgehead atoms. The molecular formula is C11H10BrCl. The molecule has 0 atom stereocenters. The Hall–Kier alpha value is -0.450. The molecule has 0 nitrogen and oxygen atoms in total. The van der Waals surface area contributed by atoms with Crippen molar-refractivity contribution in [3.8, 4) is 12.3 Å². The summed E-state index contributed by atoms with van der Waals surface area (Å²) in [5.74, 6) is 2.73. The molecule has 0 saturated heterocycles. The maximum Gasteiger partial charge on any atom is 0.0504 e. The fourth-order valence-electron chi connectivity index (χ4n) is 0.998. The number of hydrogen-bond donors (Lipinski definition) is 0. The third-order valence-electron chi connectivity index (χ3n) is 1.95. The van der Waals surface area contributed by atoms with E-state index in [2.05, 4.69) is 21.9 Å². The topological polar surface area (TPSA) is 0 Å². The summed E-state index contributed by atoms with van der Waals surface area (Å²) in [5, 5.41) is 0.702. The quantitative estimate of drug-likeness (QED) is 0.667. The molecule has 0 aliphatic carbocycles. The van der Waals surface area contributed by atoms with Crippen molar-refractivity contribution in [3.05, 3.63) is 33.3 Å². The summed E-state index contributed by atoms with van der Waals surface area (Å²) < 4.78 is 0.957. The number of benzene rings is 1. The van der Waals surface area contributed by atoms with Crippen LogP contribution in [0.25, 0.3) is 0 Å². The first-order chi connectivity index (χ1) is 5.95. The van der Waals surface area contributed by atoms with Crippen LogP contribution < -0.4 is 0 Å². The molecule has 0 N–H and O–H groups in total. The van der Waals surface area contributed by atoms with E-state index < -0.39 is 0 Å². The second kappa shape index (κ2) is 3.74. The molecule has 0 heterocycles. The van der Waals surface area contributed by atoms with Crippen molar-refractivity contribution in [2.24, 2.45) is 0 Å². The van der Waals surface area contributed by atoms with Gasteiger partial charge in [0.1, 0.15) is 0 Å². The zero-order chi connectivity index (χ0) is 10.1. The zero-order valence-corrected chi connectivity index (χ0v) is 9.91. The Balaban J connectivity index is 3.25. The first kappa shape index (κ1) is 10.6. The fourth-order valence-corrected chi connectivity index (χ4v) is 1.86. The highest BCUT2D eigenvalue weighted by Gasteiger charge is 2.17. The summed E-state index contributed by atoms with van der Waals surface area (Å²) >= 11 is 9.30. The monoisotopic (exact) mass is 256 g/mol. The Bertz CT molecular complexity index is 341. The van der Waals surface area contributed by atoms with Gasteiger partial charge in [-0.3, -0.25) is 0 Å². The summed E-state index contributed by atoms with van der Waals surface area (Å²) in [6, 6.07) is 5.73. The molecular weight excluding hydrogens is 247 g/mol. The van der Waals surface area contributed by atoms with Crippen LogP contribution in [0.4, 0.5) is 0 Å². The predicted octanol–water partition coefficient (Wildman–Crippen LogP) is 4.01. The van der Waals surface area contributed by atoms with E-state index in [1.807, 2.05) is 32.0 Å². The SMILES string of the molecule is C#CC(C)(C)c1cc(Cl)cc(Br)c1. The molecule has 0 unspecified atom stereocenters. The maximum absolute atomic E-state index is 5.91. The lowest BCUT2D eigenvalue weighted by molar-refractivity contribution is 0.699. The molecule has 0 aromatic heterocycles. The molecule has 0 saturated carbocycles. The largest absolute Gasteiger partial charge is 0.119 e. The highest BCUT2D eigenvalue weighted by Crippen LogP contribution is 2.28. The van der Waals surface area contributed by atoms with Crippen molar-refractivity contribution in [2.75, 3.05) is 0 Å². The summed E-state index contributed by atoms with van der Waals surface area (Å²) in [7, 11) is 0. The van der Waals surface area contributed by atoms with Crippen molar-refractivity contribution in [1.29, 1.82) is 0 Å². The van der Waals surface area contributed by atoms with E-state index in [1.54, 1.807) is 0 Å². The molecule has 0 radical (unpaired) electrons. The van der Waals surface area contributed by atoms with Crippen LogP contribution in [0.2, 0.25) is 5.02 Å². The Morgan fingerprint density at radius 2 is 2.00 bits per heavy atom. The zero-order valence-electron chi connectivity index (χ0n) is 7.57. The van der Waals surface area contributed by atoms with E-state index in [1.165, 1.54) is 0 Å². The standard InChI is InChI=1S/C11H10BrCl/c1-4-11(2,3)8-5-9(12)7-10(13)6-8/h1,5-7H,2-3H3. The summed E-state index contributed by atoms with van der Waals surface area (Å²) in [6.45, 7) is 3.98. The Labute approximate surface area is 92.4 Å².